The van der Waals surface area contributed by atoms with Crippen LogP contribution in [0.3, 0.4) is 0 Å². The number of nitrogens with zero attached hydrogens (tertiary/aromatic N) is 2. The molecule has 1 atom stereocenters. The summed E-state index contributed by atoms with van der Waals surface area (Å²) in [4.78, 5) is 8.28. The highest BCUT2D eigenvalue weighted by Gasteiger charge is 2.23. The summed E-state index contributed by atoms with van der Waals surface area (Å²) in [5.41, 5.74) is 2.44. The number of ether oxygens (including phenoxy) is 2. The van der Waals surface area contributed by atoms with Crippen LogP contribution in [-0.4, -0.2) is 57.4 Å². The Balaban J connectivity index is 1.58. The van der Waals surface area contributed by atoms with Gasteiger partial charge in [0.15, 0.2) is 5.96 Å². The van der Waals surface area contributed by atoms with Gasteiger partial charge >= 0.3 is 0 Å². The van der Waals surface area contributed by atoms with Gasteiger partial charge in [0.2, 0.25) is 0 Å². The van der Waals surface area contributed by atoms with Crippen LogP contribution < -0.4 is 10.6 Å². The first kappa shape index (κ1) is 21.8. The highest BCUT2D eigenvalue weighted by molar-refractivity contribution is 7.10. The Morgan fingerprint density at radius 1 is 1.17 bits per heavy atom. The van der Waals surface area contributed by atoms with Gasteiger partial charge in [0.05, 0.1) is 25.9 Å². The lowest BCUT2D eigenvalue weighted by atomic mass is 10.1. The predicted octanol–water partition coefficient (Wildman–Crippen LogP) is 3.02. The van der Waals surface area contributed by atoms with E-state index in [1.54, 1.807) is 0 Å². The van der Waals surface area contributed by atoms with E-state index in [-0.39, 0.29) is 0 Å². The van der Waals surface area contributed by atoms with Gasteiger partial charge in [0.1, 0.15) is 0 Å². The lowest BCUT2D eigenvalue weighted by Crippen LogP contribution is -2.46. The summed E-state index contributed by atoms with van der Waals surface area (Å²) in [7, 11) is 1.82. The normalized spacial score (nSPS) is 16.6. The summed E-state index contributed by atoms with van der Waals surface area (Å²) in [6.07, 6.45) is 0. The number of hydrogen-bond donors (Lipinski definition) is 2. The lowest BCUT2D eigenvalue weighted by Gasteiger charge is -2.34. The summed E-state index contributed by atoms with van der Waals surface area (Å²) in [5.74, 6) is 0.811. The quantitative estimate of drug-likeness (QED) is 0.486. The summed E-state index contributed by atoms with van der Waals surface area (Å²) in [6, 6.07) is 13.0. The molecule has 7 heteroatoms. The molecule has 1 aliphatic rings. The maximum atomic E-state index is 5.59. The Morgan fingerprint density at radius 2 is 1.97 bits per heavy atom. The number of benzene rings is 1. The standard InChI is InChI=1S/C22H32N4O2S/c1-3-27-17-19-8-5-4-7-18(19)15-24-22(23-2)25-16-20(21-9-6-14-29-21)26-10-12-28-13-11-26/h4-9,14,20H,3,10-13,15-17H2,1-2H3,(H2,23,24,25). The van der Waals surface area contributed by atoms with Crippen molar-refractivity contribution in [3.8, 4) is 0 Å². The van der Waals surface area contributed by atoms with E-state index < -0.39 is 0 Å². The first-order valence-corrected chi connectivity index (χ1v) is 11.1. The molecule has 3 rings (SSSR count). The van der Waals surface area contributed by atoms with Crippen molar-refractivity contribution in [1.82, 2.24) is 15.5 Å². The molecule has 1 aliphatic heterocycles. The van der Waals surface area contributed by atoms with Crippen molar-refractivity contribution < 1.29 is 9.47 Å². The van der Waals surface area contributed by atoms with E-state index in [0.29, 0.717) is 19.2 Å². The first-order chi connectivity index (χ1) is 14.3. The maximum Gasteiger partial charge on any atom is 0.191 e. The number of morpholine rings is 1. The molecule has 2 N–H and O–H groups in total. The highest BCUT2D eigenvalue weighted by Crippen LogP contribution is 2.25. The Kier molecular flexibility index (Phi) is 8.95. The average molecular weight is 417 g/mol. The second kappa shape index (κ2) is 11.9. The minimum absolute atomic E-state index is 0.322. The van der Waals surface area contributed by atoms with E-state index in [9.17, 15) is 0 Å². The molecule has 2 aromatic rings. The minimum Gasteiger partial charge on any atom is -0.379 e. The Labute approximate surface area is 177 Å². The third kappa shape index (κ3) is 6.54. The molecule has 1 unspecified atom stereocenters. The SMILES string of the molecule is CCOCc1ccccc1CNC(=NC)NCC(c1cccs1)N1CCOCC1. The van der Waals surface area contributed by atoms with Crippen LogP contribution >= 0.6 is 11.3 Å². The van der Waals surface area contributed by atoms with Crippen molar-refractivity contribution >= 4 is 17.3 Å². The summed E-state index contributed by atoms with van der Waals surface area (Å²) in [5, 5.41) is 9.11. The zero-order valence-electron chi connectivity index (χ0n) is 17.4. The molecule has 0 bridgehead atoms. The van der Waals surface area contributed by atoms with Crippen LogP contribution in [0.4, 0.5) is 0 Å². The Hall–Kier alpha value is -1.93. The monoisotopic (exact) mass is 416 g/mol. The molecular formula is C22H32N4O2S. The van der Waals surface area contributed by atoms with Gasteiger partial charge in [-0.1, -0.05) is 30.3 Å². The molecule has 29 heavy (non-hydrogen) atoms. The molecule has 6 nitrogen and oxygen atoms in total. The molecule has 0 saturated carbocycles. The summed E-state index contributed by atoms with van der Waals surface area (Å²) in [6.45, 7) is 8.41. The van der Waals surface area contributed by atoms with Crippen molar-refractivity contribution in [1.29, 1.82) is 0 Å². The molecule has 1 fully saturated rings. The highest BCUT2D eigenvalue weighted by atomic mass is 32.1. The molecule has 1 saturated heterocycles. The van der Waals surface area contributed by atoms with Crippen molar-refractivity contribution in [3.05, 3.63) is 57.8 Å². The van der Waals surface area contributed by atoms with Gasteiger partial charge in [0, 0.05) is 44.7 Å². The van der Waals surface area contributed by atoms with Gasteiger partial charge in [-0.25, -0.2) is 0 Å². The largest absolute Gasteiger partial charge is 0.379 e. The second-order valence-corrected chi connectivity index (χ2v) is 7.87. The zero-order valence-corrected chi connectivity index (χ0v) is 18.2. The molecule has 0 spiro atoms. The van der Waals surface area contributed by atoms with Crippen LogP contribution in [-0.2, 0) is 22.6 Å². The topological polar surface area (TPSA) is 58.1 Å². The van der Waals surface area contributed by atoms with E-state index in [1.165, 1.54) is 16.0 Å². The van der Waals surface area contributed by atoms with E-state index in [0.717, 1.165) is 45.4 Å². The fraction of sp³-hybridized carbons (Fsp3) is 0.500. The van der Waals surface area contributed by atoms with Gasteiger partial charge < -0.3 is 20.1 Å². The van der Waals surface area contributed by atoms with Crippen LogP contribution in [0, 0.1) is 0 Å². The second-order valence-electron chi connectivity index (χ2n) is 6.89. The van der Waals surface area contributed by atoms with E-state index >= 15 is 0 Å². The average Bonchev–Trinajstić information content (AvgIpc) is 3.30. The minimum atomic E-state index is 0.322. The van der Waals surface area contributed by atoms with Crippen LogP contribution in [0.25, 0.3) is 0 Å². The smallest absolute Gasteiger partial charge is 0.191 e. The number of hydrogen-bond acceptors (Lipinski definition) is 5. The van der Waals surface area contributed by atoms with Gasteiger partial charge in [-0.2, -0.15) is 0 Å². The third-order valence-corrected chi connectivity index (χ3v) is 6.04. The molecule has 0 radical (unpaired) electrons. The van der Waals surface area contributed by atoms with Crippen molar-refractivity contribution in [2.45, 2.75) is 26.1 Å². The van der Waals surface area contributed by atoms with Crippen LogP contribution in [0.15, 0.2) is 46.8 Å². The predicted molar refractivity (Wildman–Crippen MR) is 119 cm³/mol. The van der Waals surface area contributed by atoms with Crippen molar-refractivity contribution in [2.24, 2.45) is 4.99 Å². The van der Waals surface area contributed by atoms with Crippen LogP contribution in [0.5, 0.6) is 0 Å². The molecule has 0 aliphatic carbocycles. The van der Waals surface area contributed by atoms with Gasteiger partial charge in [0.25, 0.3) is 0 Å². The maximum absolute atomic E-state index is 5.59. The number of thiophene rings is 1. The van der Waals surface area contributed by atoms with Crippen LogP contribution in [0.2, 0.25) is 0 Å². The van der Waals surface area contributed by atoms with Gasteiger partial charge in [-0.3, -0.25) is 9.89 Å². The van der Waals surface area contributed by atoms with Crippen molar-refractivity contribution in [3.63, 3.8) is 0 Å². The summed E-state index contributed by atoms with van der Waals surface area (Å²) < 4.78 is 11.1. The van der Waals surface area contributed by atoms with E-state index in [1.807, 2.05) is 25.3 Å². The Bertz CT molecular complexity index is 745. The molecule has 0 amide bonds. The molecular weight excluding hydrogens is 384 g/mol. The number of rotatable bonds is 9. The fourth-order valence-corrected chi connectivity index (χ4v) is 4.32. The zero-order chi connectivity index (χ0) is 20.3. The van der Waals surface area contributed by atoms with E-state index in [4.69, 9.17) is 9.47 Å². The molecule has 1 aromatic heterocycles. The summed E-state index contributed by atoms with van der Waals surface area (Å²) >= 11 is 1.81. The molecule has 1 aromatic carbocycles. The first-order valence-electron chi connectivity index (χ1n) is 10.3. The van der Waals surface area contributed by atoms with Crippen molar-refractivity contribution in [2.75, 3.05) is 46.5 Å². The van der Waals surface area contributed by atoms with Gasteiger partial charge in [-0.15, -0.1) is 11.3 Å². The molecule has 2 heterocycles. The Morgan fingerprint density at radius 3 is 2.66 bits per heavy atom. The van der Waals surface area contributed by atoms with E-state index in [2.05, 4.69) is 62.3 Å². The van der Waals surface area contributed by atoms with Crippen LogP contribution in [0.1, 0.15) is 29.0 Å². The lowest BCUT2D eigenvalue weighted by molar-refractivity contribution is 0.0177. The third-order valence-electron chi connectivity index (χ3n) is 5.07. The van der Waals surface area contributed by atoms with Gasteiger partial charge in [-0.05, 0) is 29.5 Å². The fourth-order valence-electron chi connectivity index (χ4n) is 3.46. The number of nitrogens with one attached hydrogen (secondary N) is 2. The molecule has 158 valence electrons. The number of aliphatic imine (C=N–C) groups is 1. The number of guanidine groups is 1.